The summed E-state index contributed by atoms with van der Waals surface area (Å²) in [5, 5.41) is 0. The molecule has 0 aliphatic carbocycles. The second kappa shape index (κ2) is 2.78. The fourth-order valence-electron chi connectivity index (χ4n) is 0.850. The fraction of sp³-hybridized carbons (Fsp3) is 0.125. The summed E-state index contributed by atoms with van der Waals surface area (Å²) in [5.41, 5.74) is 0.300. The van der Waals surface area contributed by atoms with Gasteiger partial charge in [-0.25, -0.2) is 4.39 Å². The van der Waals surface area contributed by atoms with Gasteiger partial charge in [0.05, 0.1) is 5.56 Å². The van der Waals surface area contributed by atoms with E-state index >= 15 is 0 Å². The van der Waals surface area contributed by atoms with Crippen LogP contribution in [0.1, 0.15) is 15.9 Å². The molecule has 1 nitrogen and oxygen atoms in total. The van der Waals surface area contributed by atoms with Crippen molar-refractivity contribution in [2.24, 2.45) is 0 Å². The van der Waals surface area contributed by atoms with Gasteiger partial charge in [-0.15, -0.1) is 0 Å². The standard InChI is InChI=1S/C8H6F2O/c1-5-2-6(8(10)11)4-7(9)3-5/h2-4H,1H3. The molecule has 1 aromatic carbocycles. The van der Waals surface area contributed by atoms with E-state index < -0.39 is 11.9 Å². The summed E-state index contributed by atoms with van der Waals surface area (Å²) in [4.78, 5) is 10.1. The van der Waals surface area contributed by atoms with Crippen molar-refractivity contribution in [2.45, 2.75) is 6.92 Å². The molecule has 0 atom stereocenters. The van der Waals surface area contributed by atoms with Gasteiger partial charge in [-0.1, -0.05) is 0 Å². The topological polar surface area (TPSA) is 17.1 Å². The van der Waals surface area contributed by atoms with Crippen LogP contribution in [0.2, 0.25) is 0 Å². The van der Waals surface area contributed by atoms with Crippen molar-refractivity contribution in [1.29, 1.82) is 0 Å². The second-order valence-electron chi connectivity index (χ2n) is 2.29. The Morgan fingerprint density at radius 2 is 2.00 bits per heavy atom. The lowest BCUT2D eigenvalue weighted by Crippen LogP contribution is -1.92. The third-order valence-corrected chi connectivity index (χ3v) is 1.27. The van der Waals surface area contributed by atoms with Crippen molar-refractivity contribution in [3.8, 4) is 0 Å². The molecule has 0 amide bonds. The molecule has 0 aliphatic rings. The lowest BCUT2D eigenvalue weighted by atomic mass is 10.1. The van der Waals surface area contributed by atoms with Gasteiger partial charge in [0.2, 0.25) is 0 Å². The minimum absolute atomic E-state index is 0.234. The average molecular weight is 156 g/mol. The summed E-state index contributed by atoms with van der Waals surface area (Å²) in [6.07, 6.45) is 0. The van der Waals surface area contributed by atoms with Gasteiger partial charge in [0.25, 0.3) is 0 Å². The predicted octanol–water partition coefficient (Wildman–Crippen LogP) is 2.24. The molecule has 0 saturated carbocycles. The molecule has 0 bridgehead atoms. The lowest BCUT2D eigenvalue weighted by molar-refractivity contribution is 0.0835. The molecule has 58 valence electrons. The zero-order valence-electron chi connectivity index (χ0n) is 5.90. The lowest BCUT2D eigenvalue weighted by Gasteiger charge is -1.95. The Kier molecular flexibility index (Phi) is 1.98. The number of rotatable bonds is 1. The Morgan fingerprint density at radius 1 is 1.36 bits per heavy atom. The van der Waals surface area contributed by atoms with Crippen LogP contribution in [-0.2, 0) is 0 Å². The molecule has 0 aliphatic heterocycles. The summed E-state index contributed by atoms with van der Waals surface area (Å²) < 4.78 is 24.5. The van der Waals surface area contributed by atoms with Gasteiger partial charge in [0, 0.05) is 0 Å². The quantitative estimate of drug-likeness (QED) is 0.570. The molecule has 0 saturated heterocycles. The zero-order valence-corrected chi connectivity index (χ0v) is 5.90. The Balaban J connectivity index is 3.19. The number of aryl methyl sites for hydroxylation is 1. The van der Waals surface area contributed by atoms with Crippen LogP contribution in [0.3, 0.4) is 0 Å². The van der Waals surface area contributed by atoms with Crippen LogP contribution in [0, 0.1) is 12.7 Å². The maximum Gasteiger partial charge on any atom is 0.332 e. The summed E-state index contributed by atoms with van der Waals surface area (Å²) in [7, 11) is 0. The highest BCUT2D eigenvalue weighted by molar-refractivity contribution is 5.88. The van der Waals surface area contributed by atoms with Crippen LogP contribution >= 0.6 is 0 Å². The summed E-state index contributed by atoms with van der Waals surface area (Å²) >= 11 is 0. The Hall–Kier alpha value is -1.25. The number of halogens is 2. The van der Waals surface area contributed by atoms with Crippen LogP contribution in [0.4, 0.5) is 8.78 Å². The first-order valence-electron chi connectivity index (χ1n) is 3.06. The molecule has 0 radical (unpaired) electrons. The predicted molar refractivity (Wildman–Crippen MR) is 36.6 cm³/mol. The normalized spacial score (nSPS) is 9.73. The minimum Gasteiger partial charge on any atom is -0.255 e. The highest BCUT2D eigenvalue weighted by Crippen LogP contribution is 2.08. The average Bonchev–Trinajstić information content (AvgIpc) is 1.85. The van der Waals surface area contributed by atoms with Crippen LogP contribution in [0.15, 0.2) is 18.2 Å². The molecule has 0 aromatic heterocycles. The highest BCUT2D eigenvalue weighted by atomic mass is 19.1. The van der Waals surface area contributed by atoms with Gasteiger partial charge >= 0.3 is 6.04 Å². The van der Waals surface area contributed by atoms with Gasteiger partial charge in [-0.05, 0) is 30.7 Å². The van der Waals surface area contributed by atoms with Gasteiger partial charge in [0.1, 0.15) is 5.82 Å². The van der Waals surface area contributed by atoms with E-state index in [9.17, 15) is 13.6 Å². The number of benzene rings is 1. The van der Waals surface area contributed by atoms with Gasteiger partial charge in [-0.2, -0.15) is 4.39 Å². The van der Waals surface area contributed by atoms with Crippen LogP contribution in [-0.4, -0.2) is 6.04 Å². The maximum absolute atomic E-state index is 12.5. The number of hydrogen-bond acceptors (Lipinski definition) is 1. The van der Waals surface area contributed by atoms with Gasteiger partial charge < -0.3 is 0 Å². The van der Waals surface area contributed by atoms with E-state index in [0.29, 0.717) is 5.56 Å². The number of carbonyl (C=O) groups is 1. The molecule has 1 rings (SSSR count). The molecule has 0 unspecified atom stereocenters. The molecule has 0 heterocycles. The fourth-order valence-corrected chi connectivity index (χ4v) is 0.850. The van der Waals surface area contributed by atoms with E-state index in [0.717, 1.165) is 6.07 Å². The third-order valence-electron chi connectivity index (χ3n) is 1.27. The molecular weight excluding hydrogens is 150 g/mol. The Bertz CT molecular complexity index is 274. The van der Waals surface area contributed by atoms with E-state index in [1.165, 1.54) is 12.1 Å². The van der Waals surface area contributed by atoms with Crippen molar-refractivity contribution < 1.29 is 13.6 Å². The Morgan fingerprint density at radius 3 is 2.45 bits per heavy atom. The number of hydrogen-bond donors (Lipinski definition) is 0. The van der Waals surface area contributed by atoms with Gasteiger partial charge in [0.15, 0.2) is 0 Å². The minimum atomic E-state index is -1.60. The van der Waals surface area contributed by atoms with Crippen LogP contribution in [0.25, 0.3) is 0 Å². The highest BCUT2D eigenvalue weighted by Gasteiger charge is 2.04. The zero-order chi connectivity index (χ0) is 8.43. The van der Waals surface area contributed by atoms with Crippen molar-refractivity contribution in [1.82, 2.24) is 0 Å². The first-order chi connectivity index (χ1) is 5.09. The molecule has 0 fully saturated rings. The largest absolute Gasteiger partial charge is 0.332 e. The summed E-state index contributed by atoms with van der Waals surface area (Å²) in [6.45, 7) is 1.59. The maximum atomic E-state index is 12.5. The molecule has 0 N–H and O–H groups in total. The van der Waals surface area contributed by atoms with Crippen molar-refractivity contribution in [2.75, 3.05) is 0 Å². The van der Waals surface area contributed by atoms with Gasteiger partial charge in [-0.3, -0.25) is 4.79 Å². The summed E-state index contributed by atoms with van der Waals surface area (Å²) in [5.74, 6) is -0.592. The summed E-state index contributed by atoms with van der Waals surface area (Å²) in [6, 6.07) is 1.79. The first-order valence-corrected chi connectivity index (χ1v) is 3.06. The van der Waals surface area contributed by atoms with Crippen molar-refractivity contribution in [3.05, 3.63) is 35.1 Å². The van der Waals surface area contributed by atoms with Crippen molar-refractivity contribution in [3.63, 3.8) is 0 Å². The van der Waals surface area contributed by atoms with E-state index in [-0.39, 0.29) is 5.56 Å². The van der Waals surface area contributed by atoms with Crippen LogP contribution < -0.4 is 0 Å². The first kappa shape index (κ1) is 7.85. The molecule has 1 aromatic rings. The van der Waals surface area contributed by atoms with Crippen LogP contribution in [0.5, 0.6) is 0 Å². The van der Waals surface area contributed by atoms with E-state index in [1.54, 1.807) is 6.92 Å². The molecule has 11 heavy (non-hydrogen) atoms. The van der Waals surface area contributed by atoms with E-state index in [4.69, 9.17) is 0 Å². The van der Waals surface area contributed by atoms with E-state index in [2.05, 4.69) is 0 Å². The third kappa shape index (κ3) is 1.83. The second-order valence-corrected chi connectivity index (χ2v) is 2.29. The SMILES string of the molecule is Cc1cc(F)cc(C(=O)F)c1. The van der Waals surface area contributed by atoms with Crippen molar-refractivity contribution >= 4 is 6.04 Å². The molecule has 0 spiro atoms. The molecule has 3 heteroatoms. The smallest absolute Gasteiger partial charge is 0.255 e. The Labute approximate surface area is 62.7 Å². The number of carbonyl (C=O) groups excluding carboxylic acids is 1. The van der Waals surface area contributed by atoms with E-state index in [1.807, 2.05) is 0 Å². The monoisotopic (exact) mass is 156 g/mol. The molecular formula is C8H6F2O.